The number of carbonyl (C=O) groups excluding carboxylic acids is 1. The number of hydrogen-bond acceptors (Lipinski definition) is 10. The lowest BCUT2D eigenvalue weighted by atomic mass is 9.97. The normalized spacial score (nSPS) is 18.0. The fourth-order valence-electron chi connectivity index (χ4n) is 6.28. The first-order chi connectivity index (χ1) is 24.7. The highest BCUT2D eigenvalue weighted by molar-refractivity contribution is 9.10. The monoisotopic (exact) mass is 785 g/mol. The zero-order chi connectivity index (χ0) is 36.3. The van der Waals surface area contributed by atoms with Gasteiger partial charge in [-0.15, -0.1) is 0 Å². The van der Waals surface area contributed by atoms with Gasteiger partial charge >= 0.3 is 5.97 Å². The number of benzene rings is 3. The molecule has 0 aromatic heterocycles. The fraction of sp³-hybridized carbons (Fsp3) is 0.432. The molecule has 2 heterocycles. The van der Waals surface area contributed by atoms with Gasteiger partial charge in [-0.25, -0.2) is 0 Å². The molecule has 0 aliphatic carbocycles. The molecule has 3 aromatic rings. The van der Waals surface area contributed by atoms with Crippen LogP contribution in [0.15, 0.2) is 53.0 Å². The number of carbonyl (C=O) groups is 2. The number of carboxylic acid groups (broad SMARTS) is 1. The maximum Gasteiger partial charge on any atom is 0.323 e. The molecule has 0 spiro atoms. The summed E-state index contributed by atoms with van der Waals surface area (Å²) in [6.07, 6.45) is 4.36. The van der Waals surface area contributed by atoms with E-state index in [1.165, 1.54) is 6.21 Å². The Morgan fingerprint density at radius 3 is 2.65 bits per heavy atom. The number of rotatable bonds is 19. The third-order valence-electron chi connectivity index (χ3n) is 9.14. The Labute approximate surface area is 311 Å². The molecule has 274 valence electrons. The van der Waals surface area contributed by atoms with Gasteiger partial charge in [0.25, 0.3) is 0 Å². The minimum absolute atomic E-state index is 0.0172. The second-order valence-corrected chi connectivity index (χ2v) is 14.1. The molecule has 2 aliphatic heterocycles. The van der Waals surface area contributed by atoms with E-state index in [0.29, 0.717) is 35.1 Å². The molecular weight excluding hydrogens is 742 g/mol. The largest absolute Gasteiger partial charge is 0.493 e. The molecule has 2 aliphatic rings. The van der Waals surface area contributed by atoms with Crippen LogP contribution in [-0.4, -0.2) is 96.4 Å². The highest BCUT2D eigenvalue weighted by atomic mass is 79.9. The first-order valence-corrected chi connectivity index (χ1v) is 18.3. The van der Waals surface area contributed by atoms with Crippen LogP contribution in [0.4, 0.5) is 5.69 Å². The van der Waals surface area contributed by atoms with Crippen molar-refractivity contribution in [3.05, 3.63) is 74.7 Å². The average molecular weight is 787 g/mol. The van der Waals surface area contributed by atoms with Crippen LogP contribution in [-0.2, 0) is 22.7 Å². The summed E-state index contributed by atoms with van der Waals surface area (Å²) in [5.41, 5.74) is 4.88. The van der Waals surface area contributed by atoms with Crippen molar-refractivity contribution >= 4 is 51.3 Å². The van der Waals surface area contributed by atoms with Crippen molar-refractivity contribution in [3.8, 4) is 22.6 Å². The lowest BCUT2D eigenvalue weighted by molar-refractivity contribution is -0.140. The van der Waals surface area contributed by atoms with Crippen LogP contribution in [0.25, 0.3) is 11.1 Å². The number of ether oxygens (including phenoxy) is 2. The van der Waals surface area contributed by atoms with Crippen LogP contribution in [0.2, 0.25) is 5.02 Å². The van der Waals surface area contributed by atoms with Gasteiger partial charge in [-0.1, -0.05) is 41.9 Å². The Morgan fingerprint density at radius 1 is 1.14 bits per heavy atom. The number of amides is 1. The Kier molecular flexibility index (Phi) is 14.1. The number of aliphatic carboxylic acids is 1. The molecule has 14 heteroatoms. The summed E-state index contributed by atoms with van der Waals surface area (Å²) in [5, 5.41) is 46.2. The quantitative estimate of drug-likeness (QED) is 0.0669. The molecule has 2 saturated heterocycles. The SMILES string of the molecule is N=Cc1c(NCCCCN2CC[C@@H](O)C2)cccc1-c1cccc(COc2cc(OCC3CNC(=O)C3)c(CN[C@@H](CO)C(=O)O)cc2Cl)c1Br. The van der Waals surface area contributed by atoms with Crippen LogP contribution in [0.5, 0.6) is 11.5 Å². The van der Waals surface area contributed by atoms with E-state index < -0.39 is 18.6 Å². The lowest BCUT2D eigenvalue weighted by Gasteiger charge is -2.19. The zero-order valence-electron chi connectivity index (χ0n) is 28.3. The van der Waals surface area contributed by atoms with Crippen molar-refractivity contribution in [1.82, 2.24) is 15.5 Å². The van der Waals surface area contributed by atoms with Gasteiger partial charge in [-0.2, -0.15) is 0 Å². The molecule has 3 atom stereocenters. The van der Waals surface area contributed by atoms with Crippen LogP contribution >= 0.6 is 27.5 Å². The Hall–Kier alpha value is -3.72. The average Bonchev–Trinajstić information content (AvgIpc) is 3.74. The van der Waals surface area contributed by atoms with Crippen molar-refractivity contribution in [2.24, 2.45) is 5.92 Å². The van der Waals surface area contributed by atoms with Gasteiger partial charge in [0.15, 0.2) is 0 Å². The molecule has 2 fully saturated rings. The van der Waals surface area contributed by atoms with E-state index in [1.807, 2.05) is 36.4 Å². The van der Waals surface area contributed by atoms with Crippen molar-refractivity contribution < 1.29 is 34.4 Å². The third-order valence-corrected chi connectivity index (χ3v) is 10.4. The predicted molar refractivity (Wildman–Crippen MR) is 200 cm³/mol. The molecule has 3 aromatic carbocycles. The Morgan fingerprint density at radius 2 is 1.94 bits per heavy atom. The maximum atomic E-state index is 11.7. The van der Waals surface area contributed by atoms with Gasteiger partial charge in [0, 0.05) is 84.2 Å². The number of β-amino-alcohol motifs (C(OH)–C–C–N with tert-alkyl or cyclic N) is 1. The van der Waals surface area contributed by atoms with Gasteiger partial charge < -0.3 is 45.7 Å². The van der Waals surface area contributed by atoms with Gasteiger partial charge in [0.2, 0.25) is 5.91 Å². The van der Waals surface area contributed by atoms with Crippen molar-refractivity contribution in [2.45, 2.75) is 51.0 Å². The molecule has 0 bridgehead atoms. The van der Waals surface area contributed by atoms with E-state index in [2.05, 4.69) is 36.8 Å². The smallest absolute Gasteiger partial charge is 0.323 e. The predicted octanol–water partition coefficient (Wildman–Crippen LogP) is 4.65. The van der Waals surface area contributed by atoms with Gasteiger partial charge in [-0.3, -0.25) is 14.9 Å². The zero-order valence-corrected chi connectivity index (χ0v) is 30.6. The van der Waals surface area contributed by atoms with Crippen molar-refractivity contribution in [2.75, 3.05) is 51.3 Å². The number of carboxylic acids is 1. The number of anilines is 1. The summed E-state index contributed by atoms with van der Waals surface area (Å²) in [4.78, 5) is 25.5. The van der Waals surface area contributed by atoms with E-state index in [4.69, 9.17) is 26.5 Å². The first-order valence-electron chi connectivity index (χ1n) is 17.1. The molecular formula is C37H45BrClN5O7. The summed E-state index contributed by atoms with van der Waals surface area (Å²) in [6.45, 7) is 3.84. The molecule has 1 amide bonds. The second-order valence-electron chi connectivity index (χ2n) is 12.9. The van der Waals surface area contributed by atoms with E-state index in [0.717, 1.165) is 77.9 Å². The van der Waals surface area contributed by atoms with Crippen molar-refractivity contribution in [3.63, 3.8) is 0 Å². The van der Waals surface area contributed by atoms with Crippen LogP contribution < -0.4 is 25.4 Å². The van der Waals surface area contributed by atoms with E-state index in [9.17, 15) is 24.9 Å². The van der Waals surface area contributed by atoms with Gasteiger partial charge in [0.1, 0.15) is 24.1 Å². The van der Waals surface area contributed by atoms with E-state index >= 15 is 0 Å². The molecule has 7 N–H and O–H groups in total. The number of nitrogens with zero attached hydrogens (tertiary/aromatic N) is 1. The molecule has 1 unspecified atom stereocenters. The van der Waals surface area contributed by atoms with Crippen LogP contribution in [0, 0.1) is 11.3 Å². The summed E-state index contributed by atoms with van der Waals surface area (Å²) >= 11 is 10.5. The molecule has 12 nitrogen and oxygen atoms in total. The summed E-state index contributed by atoms with van der Waals surface area (Å²) in [7, 11) is 0. The lowest BCUT2D eigenvalue weighted by Crippen LogP contribution is -2.39. The third kappa shape index (κ3) is 10.4. The minimum atomic E-state index is -1.18. The second kappa shape index (κ2) is 18.7. The number of halogens is 2. The summed E-state index contributed by atoms with van der Waals surface area (Å²) in [6, 6.07) is 13.9. The van der Waals surface area contributed by atoms with Crippen molar-refractivity contribution in [1.29, 1.82) is 5.41 Å². The van der Waals surface area contributed by atoms with E-state index in [1.54, 1.807) is 12.1 Å². The standard InChI is InChI=1S/C37H45BrClN5O7/c38-36-24(5-3-7-28(36)27-6-4-8-31(29(27)16-40)41-10-1-2-11-44-12-9-26(46)19-44)22-51-34-15-33(50-21-23-13-35(47)43-17-23)25(14-30(34)39)18-42-32(20-45)37(48)49/h3-8,14-16,23,26,32,40-42,45-46H,1-2,9-13,17-22H2,(H,43,47)(H,48,49)/t23?,26-,32+/m1/s1. The number of nitrogens with one attached hydrogen (secondary N) is 4. The molecule has 0 saturated carbocycles. The number of hydrogen-bond donors (Lipinski definition) is 7. The van der Waals surface area contributed by atoms with Gasteiger partial charge in [0.05, 0.1) is 24.3 Å². The molecule has 0 radical (unpaired) electrons. The van der Waals surface area contributed by atoms with Gasteiger partial charge in [-0.05, 0) is 65.0 Å². The van der Waals surface area contributed by atoms with E-state index in [-0.39, 0.29) is 37.7 Å². The number of aliphatic hydroxyl groups is 2. The molecule has 5 rings (SSSR count). The van der Waals surface area contributed by atoms with Crippen LogP contribution in [0.3, 0.4) is 0 Å². The summed E-state index contributed by atoms with van der Waals surface area (Å²) < 4.78 is 13.2. The minimum Gasteiger partial charge on any atom is -0.493 e. The molecule has 51 heavy (non-hydrogen) atoms. The highest BCUT2D eigenvalue weighted by Crippen LogP contribution is 2.38. The number of likely N-dealkylation sites (tertiary alicyclic amines) is 1. The Balaban J connectivity index is 1.28. The fourth-order valence-corrected chi connectivity index (χ4v) is 7.11. The topological polar surface area (TPSA) is 176 Å². The Bertz CT molecular complexity index is 1700. The number of aliphatic hydroxyl groups excluding tert-OH is 2. The summed E-state index contributed by atoms with van der Waals surface area (Å²) in [5.74, 6) is -0.455. The highest BCUT2D eigenvalue weighted by Gasteiger charge is 2.24. The maximum absolute atomic E-state index is 11.7. The van der Waals surface area contributed by atoms with Crippen LogP contribution in [0.1, 0.15) is 42.4 Å². The first kappa shape index (κ1) is 38.5. The number of unbranched alkanes of at least 4 members (excludes halogenated alkanes) is 1.